The quantitative estimate of drug-likeness (QED) is 0.677. The minimum Gasteiger partial charge on any atom is -0.478 e. The van der Waals surface area contributed by atoms with Gasteiger partial charge in [-0.15, -0.1) is 11.3 Å². The Labute approximate surface area is 149 Å². The van der Waals surface area contributed by atoms with Crippen LogP contribution in [0.2, 0.25) is 0 Å². The first-order valence-electron chi connectivity index (χ1n) is 7.88. The third-order valence-electron chi connectivity index (χ3n) is 3.85. The van der Waals surface area contributed by atoms with Gasteiger partial charge in [0.25, 0.3) is 0 Å². The normalized spacial score (nSPS) is 10.4. The highest BCUT2D eigenvalue weighted by molar-refractivity contribution is 7.14. The molecule has 3 aromatic rings. The van der Waals surface area contributed by atoms with Crippen LogP contribution in [0.4, 0.5) is 5.00 Å². The minimum absolute atomic E-state index is 0.130. The van der Waals surface area contributed by atoms with Gasteiger partial charge < -0.3 is 10.4 Å². The number of carboxylic acid groups (broad SMARTS) is 1. The molecule has 0 saturated heterocycles. The van der Waals surface area contributed by atoms with E-state index < -0.39 is 5.97 Å². The molecule has 0 bridgehead atoms. The fourth-order valence-corrected chi connectivity index (χ4v) is 3.31. The van der Waals surface area contributed by atoms with Crippen molar-refractivity contribution in [2.75, 3.05) is 5.32 Å². The number of carbonyl (C=O) groups is 2. The van der Waals surface area contributed by atoms with Gasteiger partial charge in [-0.3, -0.25) is 4.79 Å². The Morgan fingerprint density at radius 2 is 1.60 bits per heavy atom. The topological polar surface area (TPSA) is 66.4 Å². The number of aryl methyl sites for hydroxylation is 1. The van der Waals surface area contributed by atoms with Crippen LogP contribution in [0.3, 0.4) is 0 Å². The Hall–Kier alpha value is -2.92. The van der Waals surface area contributed by atoms with Crippen LogP contribution >= 0.6 is 11.3 Å². The van der Waals surface area contributed by atoms with Crippen LogP contribution in [0.15, 0.2) is 66.0 Å². The Bertz CT molecular complexity index is 869. The maximum atomic E-state index is 12.0. The van der Waals surface area contributed by atoms with Gasteiger partial charge >= 0.3 is 5.97 Å². The minimum atomic E-state index is -1.03. The van der Waals surface area contributed by atoms with Gasteiger partial charge in [-0.1, -0.05) is 54.6 Å². The summed E-state index contributed by atoms with van der Waals surface area (Å²) >= 11 is 1.21. The van der Waals surface area contributed by atoms with Gasteiger partial charge in [-0.2, -0.15) is 0 Å². The van der Waals surface area contributed by atoms with Gasteiger partial charge in [0.05, 0.1) is 5.56 Å². The third-order valence-corrected chi connectivity index (χ3v) is 4.68. The summed E-state index contributed by atoms with van der Waals surface area (Å²) in [5.74, 6) is -1.22. The number of hydrogen-bond acceptors (Lipinski definition) is 3. The van der Waals surface area contributed by atoms with Gasteiger partial charge in [0.1, 0.15) is 5.00 Å². The average Bonchev–Trinajstić information content (AvgIpc) is 3.09. The summed E-state index contributed by atoms with van der Waals surface area (Å²) in [6.45, 7) is 0. The van der Waals surface area contributed by atoms with E-state index in [0.29, 0.717) is 17.8 Å². The number of carbonyl (C=O) groups excluding carboxylic acids is 1. The van der Waals surface area contributed by atoms with Crippen LogP contribution in [0.25, 0.3) is 11.1 Å². The Morgan fingerprint density at radius 1 is 0.920 bits per heavy atom. The lowest BCUT2D eigenvalue weighted by molar-refractivity contribution is -0.116. The number of nitrogens with one attached hydrogen (secondary N) is 1. The maximum Gasteiger partial charge on any atom is 0.338 e. The van der Waals surface area contributed by atoms with E-state index in [4.69, 9.17) is 5.11 Å². The molecular formula is C20H17NO3S. The maximum absolute atomic E-state index is 12.0. The van der Waals surface area contributed by atoms with E-state index in [9.17, 15) is 9.59 Å². The molecule has 1 heterocycles. The molecule has 25 heavy (non-hydrogen) atoms. The highest BCUT2D eigenvalue weighted by Crippen LogP contribution is 2.24. The molecule has 0 saturated carbocycles. The van der Waals surface area contributed by atoms with Crippen LogP contribution in [-0.2, 0) is 11.2 Å². The number of carboxylic acids is 1. The lowest BCUT2D eigenvalue weighted by atomic mass is 10.0. The predicted octanol–water partition coefficient (Wildman–Crippen LogP) is 4.68. The monoisotopic (exact) mass is 351 g/mol. The summed E-state index contributed by atoms with van der Waals surface area (Å²) in [6.07, 6.45) is 0.913. The van der Waals surface area contributed by atoms with Crippen LogP contribution in [0, 0.1) is 0 Å². The number of benzene rings is 2. The summed E-state index contributed by atoms with van der Waals surface area (Å²) in [7, 11) is 0. The van der Waals surface area contributed by atoms with Crippen molar-refractivity contribution >= 4 is 28.2 Å². The number of aromatic carboxylic acids is 1. The molecule has 0 aliphatic rings. The molecule has 2 N–H and O–H groups in total. The van der Waals surface area contributed by atoms with Gasteiger partial charge in [0.15, 0.2) is 0 Å². The van der Waals surface area contributed by atoms with Crippen molar-refractivity contribution in [3.8, 4) is 11.1 Å². The molecule has 0 atom stereocenters. The zero-order valence-corrected chi connectivity index (χ0v) is 14.3. The molecule has 0 radical (unpaired) electrons. The first kappa shape index (κ1) is 16.9. The van der Waals surface area contributed by atoms with Gasteiger partial charge in [-0.05, 0) is 34.6 Å². The van der Waals surface area contributed by atoms with E-state index in [1.807, 2.05) is 42.5 Å². The van der Waals surface area contributed by atoms with Crippen molar-refractivity contribution in [2.24, 2.45) is 0 Å². The molecule has 1 amide bonds. The van der Waals surface area contributed by atoms with Crippen molar-refractivity contribution in [1.82, 2.24) is 0 Å². The zero-order valence-electron chi connectivity index (χ0n) is 13.4. The SMILES string of the molecule is O=C(CCc1ccc(-c2ccccc2)cc1)Nc1sccc1C(=O)O. The van der Waals surface area contributed by atoms with Crippen LogP contribution < -0.4 is 5.32 Å². The number of rotatable bonds is 6. The fraction of sp³-hybridized carbons (Fsp3) is 0.100. The van der Waals surface area contributed by atoms with Crippen molar-refractivity contribution in [2.45, 2.75) is 12.8 Å². The second-order valence-electron chi connectivity index (χ2n) is 5.58. The Balaban J connectivity index is 1.57. The molecule has 5 heteroatoms. The molecule has 0 fully saturated rings. The van der Waals surface area contributed by atoms with E-state index >= 15 is 0 Å². The molecule has 3 rings (SSSR count). The number of amides is 1. The van der Waals surface area contributed by atoms with Gasteiger partial charge in [-0.25, -0.2) is 4.79 Å². The van der Waals surface area contributed by atoms with Gasteiger partial charge in [0.2, 0.25) is 5.91 Å². The molecule has 1 aromatic heterocycles. The number of hydrogen-bond donors (Lipinski definition) is 2. The van der Waals surface area contributed by atoms with E-state index in [2.05, 4.69) is 17.4 Å². The molecule has 2 aromatic carbocycles. The summed E-state index contributed by atoms with van der Waals surface area (Å²) in [5, 5.41) is 13.8. The molecule has 0 aliphatic heterocycles. The molecule has 0 spiro atoms. The third kappa shape index (κ3) is 4.33. The highest BCUT2D eigenvalue weighted by Gasteiger charge is 2.13. The molecule has 0 aliphatic carbocycles. The average molecular weight is 351 g/mol. The second kappa shape index (κ2) is 7.77. The molecule has 126 valence electrons. The number of thiophene rings is 1. The van der Waals surface area contributed by atoms with Crippen molar-refractivity contribution < 1.29 is 14.7 Å². The zero-order chi connectivity index (χ0) is 17.6. The Kier molecular flexibility index (Phi) is 5.26. The van der Waals surface area contributed by atoms with Gasteiger partial charge in [0, 0.05) is 6.42 Å². The van der Waals surface area contributed by atoms with Crippen LogP contribution in [-0.4, -0.2) is 17.0 Å². The lowest BCUT2D eigenvalue weighted by Gasteiger charge is -2.06. The first-order chi connectivity index (χ1) is 12.1. The lowest BCUT2D eigenvalue weighted by Crippen LogP contribution is -2.13. The van der Waals surface area contributed by atoms with E-state index in [0.717, 1.165) is 16.7 Å². The van der Waals surface area contributed by atoms with Crippen molar-refractivity contribution in [3.63, 3.8) is 0 Å². The predicted molar refractivity (Wildman–Crippen MR) is 100 cm³/mol. The second-order valence-corrected chi connectivity index (χ2v) is 6.50. The van der Waals surface area contributed by atoms with E-state index in [1.54, 1.807) is 5.38 Å². The Morgan fingerprint density at radius 3 is 2.28 bits per heavy atom. The molecule has 4 nitrogen and oxygen atoms in total. The highest BCUT2D eigenvalue weighted by atomic mass is 32.1. The molecular weight excluding hydrogens is 334 g/mol. The summed E-state index contributed by atoms with van der Waals surface area (Å²) < 4.78 is 0. The standard InChI is InChI=1S/C20H17NO3S/c22-18(21-19-17(20(23)24)12-13-25-19)11-8-14-6-9-16(10-7-14)15-4-2-1-3-5-15/h1-7,9-10,12-13H,8,11H2,(H,21,22)(H,23,24). The summed E-state index contributed by atoms with van der Waals surface area (Å²) in [4.78, 5) is 23.1. The first-order valence-corrected chi connectivity index (χ1v) is 8.76. The van der Waals surface area contributed by atoms with Crippen LogP contribution in [0.1, 0.15) is 22.3 Å². The summed E-state index contributed by atoms with van der Waals surface area (Å²) in [6, 6.07) is 19.7. The van der Waals surface area contributed by atoms with Crippen LogP contribution in [0.5, 0.6) is 0 Å². The van der Waals surface area contributed by atoms with E-state index in [-0.39, 0.29) is 11.5 Å². The van der Waals surface area contributed by atoms with Crippen molar-refractivity contribution in [3.05, 3.63) is 77.2 Å². The van der Waals surface area contributed by atoms with Crippen molar-refractivity contribution in [1.29, 1.82) is 0 Å². The largest absolute Gasteiger partial charge is 0.478 e. The smallest absolute Gasteiger partial charge is 0.338 e. The fourth-order valence-electron chi connectivity index (χ4n) is 2.52. The molecule has 0 unspecified atom stereocenters. The number of anilines is 1. The summed E-state index contributed by atoms with van der Waals surface area (Å²) in [5.41, 5.74) is 3.49. The van der Waals surface area contributed by atoms with E-state index in [1.165, 1.54) is 17.4 Å².